The van der Waals surface area contributed by atoms with Gasteiger partial charge in [0.2, 0.25) is 0 Å². The number of nitrogens with two attached hydrogens (primary N) is 2. The zero-order valence-electron chi connectivity index (χ0n) is 20.5. The van der Waals surface area contributed by atoms with E-state index in [9.17, 15) is 14.0 Å². The Morgan fingerprint density at radius 1 is 1.13 bits per heavy atom. The van der Waals surface area contributed by atoms with Crippen LogP contribution in [-0.2, 0) is 0 Å². The van der Waals surface area contributed by atoms with Crippen LogP contribution >= 0.6 is 23.2 Å². The first kappa shape index (κ1) is 27.5. The van der Waals surface area contributed by atoms with Gasteiger partial charge in [0.1, 0.15) is 5.82 Å². The Morgan fingerprint density at radius 2 is 1.79 bits per heavy atom. The molecule has 2 amide bonds. The van der Waals surface area contributed by atoms with Gasteiger partial charge in [0.15, 0.2) is 23.5 Å². The van der Waals surface area contributed by atoms with Gasteiger partial charge in [-0.05, 0) is 50.2 Å². The van der Waals surface area contributed by atoms with Crippen LogP contribution in [0, 0.1) is 5.82 Å². The second-order valence-electron chi connectivity index (χ2n) is 8.98. The molecule has 1 aliphatic rings. The maximum Gasteiger partial charge on any atom is 0.276 e. The number of nitrogens with zero attached hydrogens (tertiary/aromatic N) is 3. The number of benzene rings is 2. The number of hydrogen-bond acceptors (Lipinski definition) is 8. The van der Waals surface area contributed by atoms with Crippen LogP contribution in [0.3, 0.4) is 0 Å². The van der Waals surface area contributed by atoms with E-state index in [0.29, 0.717) is 24.3 Å². The van der Waals surface area contributed by atoms with E-state index in [0.717, 1.165) is 6.07 Å². The molecule has 13 heteroatoms. The molecule has 0 radical (unpaired) electrons. The molecule has 1 fully saturated rings. The quantitative estimate of drug-likeness (QED) is 0.263. The van der Waals surface area contributed by atoms with E-state index in [-0.39, 0.29) is 50.9 Å². The van der Waals surface area contributed by atoms with Gasteiger partial charge in [-0.25, -0.2) is 4.39 Å². The number of rotatable bonds is 6. The van der Waals surface area contributed by atoms with Gasteiger partial charge in [0.25, 0.3) is 11.8 Å². The Kier molecular flexibility index (Phi) is 8.32. The first-order chi connectivity index (χ1) is 18.0. The maximum absolute atomic E-state index is 13.9. The van der Waals surface area contributed by atoms with Crippen molar-refractivity contribution in [1.29, 1.82) is 0 Å². The highest BCUT2D eigenvalue weighted by Gasteiger charge is 2.26. The van der Waals surface area contributed by atoms with E-state index in [1.54, 1.807) is 29.2 Å². The number of nitrogens with one attached hydrogen (secondary N) is 2. The van der Waals surface area contributed by atoms with Crippen LogP contribution in [-0.4, -0.2) is 52.1 Å². The number of halogens is 3. The fourth-order valence-corrected chi connectivity index (χ4v) is 4.74. The molecule has 0 spiro atoms. The molecule has 200 valence electrons. The lowest BCUT2D eigenvalue weighted by Crippen LogP contribution is -2.55. The molecule has 10 nitrogen and oxygen atoms in total. The minimum atomic E-state index is -1.31. The Bertz CT molecular complexity index is 1350. The van der Waals surface area contributed by atoms with Crippen LogP contribution in [0.2, 0.25) is 10.0 Å². The van der Waals surface area contributed by atoms with Crippen LogP contribution < -0.4 is 26.8 Å². The van der Waals surface area contributed by atoms with E-state index in [1.807, 2.05) is 13.8 Å². The summed E-state index contributed by atoms with van der Waals surface area (Å²) in [7, 11) is 0. The van der Waals surface area contributed by atoms with E-state index in [2.05, 4.69) is 20.8 Å². The van der Waals surface area contributed by atoms with Crippen molar-refractivity contribution in [3.63, 3.8) is 0 Å². The normalized spacial score (nSPS) is 18.1. The lowest BCUT2D eigenvalue weighted by molar-refractivity contribution is 0.0673. The molecule has 1 saturated heterocycles. The molecule has 2 aromatic carbocycles. The third-order valence-corrected chi connectivity index (χ3v) is 6.58. The van der Waals surface area contributed by atoms with Crippen molar-refractivity contribution in [1.82, 2.24) is 20.4 Å². The molecule has 2 heterocycles. The van der Waals surface area contributed by atoms with Crippen molar-refractivity contribution in [3.8, 4) is 5.75 Å². The predicted molar refractivity (Wildman–Crippen MR) is 143 cm³/mol. The first-order valence-electron chi connectivity index (χ1n) is 11.7. The molecular weight excluding hydrogens is 536 g/mol. The molecule has 1 aromatic heterocycles. The third-order valence-electron chi connectivity index (χ3n) is 5.87. The summed E-state index contributed by atoms with van der Waals surface area (Å²) in [6, 6.07) is 10.6. The van der Waals surface area contributed by atoms with Crippen molar-refractivity contribution in [2.75, 3.05) is 24.1 Å². The number of aromatic nitrogens is 2. The van der Waals surface area contributed by atoms with Crippen LogP contribution in [0.5, 0.6) is 5.75 Å². The summed E-state index contributed by atoms with van der Waals surface area (Å²) in [4.78, 5) is 27.5. The molecule has 1 aliphatic heterocycles. The molecule has 0 saturated carbocycles. The molecule has 4 rings (SSSR count). The zero-order valence-corrected chi connectivity index (χ0v) is 22.1. The second kappa shape index (κ2) is 11.5. The minimum absolute atomic E-state index is 0.00918. The number of nitrogen functional groups attached to an aromatic ring is 1. The molecule has 6 N–H and O–H groups in total. The highest BCUT2D eigenvalue weighted by atomic mass is 35.5. The smallest absolute Gasteiger partial charge is 0.276 e. The van der Waals surface area contributed by atoms with Gasteiger partial charge < -0.3 is 26.0 Å². The predicted octanol–water partition coefficient (Wildman–Crippen LogP) is 3.62. The van der Waals surface area contributed by atoms with Gasteiger partial charge in [-0.1, -0.05) is 23.2 Å². The lowest BCUT2D eigenvalue weighted by Gasteiger charge is -2.36. The van der Waals surface area contributed by atoms with Crippen molar-refractivity contribution >= 4 is 46.5 Å². The largest absolute Gasteiger partial charge is 0.467 e. The zero-order chi connectivity index (χ0) is 27.6. The Morgan fingerprint density at radius 3 is 2.45 bits per heavy atom. The SMILES string of the molecule is C[C@@H]1CN(C(=O)c2ccc(NC(=O)c3cc(O[C@H](N)c4c(Cl)ccc(F)c4Cl)c(N)nn3)cc2)C[C@H](C)N1. The monoisotopic (exact) mass is 561 g/mol. The summed E-state index contributed by atoms with van der Waals surface area (Å²) in [5.74, 6) is -1.64. The number of piperazine rings is 1. The number of carbonyl (C=O) groups is 2. The van der Waals surface area contributed by atoms with Crippen molar-refractivity contribution in [2.45, 2.75) is 32.2 Å². The molecule has 3 atom stereocenters. The molecule has 38 heavy (non-hydrogen) atoms. The Balaban J connectivity index is 1.45. The average molecular weight is 562 g/mol. The Hall–Kier alpha value is -3.51. The van der Waals surface area contributed by atoms with Gasteiger partial charge in [-0.15, -0.1) is 10.2 Å². The minimum Gasteiger partial charge on any atom is -0.467 e. The number of carbonyl (C=O) groups excluding carboxylic acids is 2. The topological polar surface area (TPSA) is 148 Å². The van der Waals surface area contributed by atoms with Gasteiger partial charge in [0.05, 0.1) is 10.0 Å². The van der Waals surface area contributed by atoms with Crippen molar-refractivity contribution in [2.24, 2.45) is 5.73 Å². The molecule has 0 unspecified atom stereocenters. The number of hydrogen-bond donors (Lipinski definition) is 4. The summed E-state index contributed by atoms with van der Waals surface area (Å²) in [5.41, 5.74) is 12.7. The molecular formula is C25H26Cl2FN7O3. The second-order valence-corrected chi connectivity index (χ2v) is 9.77. The molecule has 3 aromatic rings. The van der Waals surface area contributed by atoms with Crippen molar-refractivity contribution < 1.29 is 18.7 Å². The van der Waals surface area contributed by atoms with Gasteiger partial charge in [0, 0.05) is 48.1 Å². The summed E-state index contributed by atoms with van der Waals surface area (Å²) in [6.07, 6.45) is -1.31. The van der Waals surface area contributed by atoms with Crippen LogP contribution in [0.1, 0.15) is 46.5 Å². The van der Waals surface area contributed by atoms with Crippen LogP contribution in [0.25, 0.3) is 0 Å². The highest BCUT2D eigenvalue weighted by Crippen LogP contribution is 2.33. The number of amides is 2. The van der Waals surface area contributed by atoms with Gasteiger partial charge in [-0.2, -0.15) is 0 Å². The summed E-state index contributed by atoms with van der Waals surface area (Å²) in [6.45, 7) is 5.29. The van der Waals surface area contributed by atoms with Crippen molar-refractivity contribution in [3.05, 3.63) is 75.1 Å². The standard InChI is InChI=1S/C25H26Cl2FN7O3/c1-12-10-35(11-13(2)31-12)25(37)14-3-5-15(6-4-14)32-24(36)18-9-19(22(29)34-33-18)38-23(30)20-16(26)7-8-17(28)21(20)27/h3-9,12-13,23,31H,10-11,30H2,1-2H3,(H2,29,34)(H,32,36)/t12-,13+,23-/m0/s1. The number of ether oxygens (including phenoxy) is 1. The lowest BCUT2D eigenvalue weighted by atomic mass is 10.1. The van der Waals surface area contributed by atoms with Crippen LogP contribution in [0.4, 0.5) is 15.9 Å². The van der Waals surface area contributed by atoms with Gasteiger partial charge in [-0.3, -0.25) is 15.3 Å². The fraction of sp³-hybridized carbons (Fsp3) is 0.280. The summed E-state index contributed by atoms with van der Waals surface area (Å²) < 4.78 is 19.5. The van der Waals surface area contributed by atoms with Gasteiger partial charge >= 0.3 is 0 Å². The fourth-order valence-electron chi connectivity index (χ4n) is 4.16. The molecule has 0 aliphatic carbocycles. The van der Waals surface area contributed by atoms with E-state index < -0.39 is 18.0 Å². The summed E-state index contributed by atoms with van der Waals surface area (Å²) >= 11 is 12.1. The average Bonchev–Trinajstić information content (AvgIpc) is 2.87. The van der Waals surface area contributed by atoms with Crippen LogP contribution in [0.15, 0.2) is 42.5 Å². The third kappa shape index (κ3) is 6.13. The maximum atomic E-state index is 13.9. The van der Waals surface area contributed by atoms with E-state index >= 15 is 0 Å². The molecule has 0 bridgehead atoms. The summed E-state index contributed by atoms with van der Waals surface area (Å²) in [5, 5.41) is 13.4. The van der Waals surface area contributed by atoms with E-state index in [1.165, 1.54) is 12.1 Å². The highest BCUT2D eigenvalue weighted by molar-refractivity contribution is 6.36. The van der Waals surface area contributed by atoms with E-state index in [4.69, 9.17) is 39.4 Å². The number of anilines is 2. The first-order valence-corrected chi connectivity index (χ1v) is 12.4. The Labute approximate surface area is 228 Å².